The summed E-state index contributed by atoms with van der Waals surface area (Å²) in [5, 5.41) is 0. The minimum atomic E-state index is 0.0810. The lowest BCUT2D eigenvalue weighted by molar-refractivity contribution is 0.104. The zero-order valence-electron chi connectivity index (χ0n) is 11.3. The van der Waals surface area contributed by atoms with Gasteiger partial charge in [-0.1, -0.05) is 24.3 Å². The first-order valence-electron chi connectivity index (χ1n) is 6.58. The number of hydrogen-bond acceptors (Lipinski definition) is 3. The number of nitrogens with zero attached hydrogens (tertiary/aromatic N) is 2. The molecular formula is C17H12N2O. The Labute approximate surface area is 116 Å². The van der Waals surface area contributed by atoms with Gasteiger partial charge in [-0.15, -0.1) is 0 Å². The minimum Gasteiger partial charge on any atom is -0.289 e. The van der Waals surface area contributed by atoms with Crippen LogP contribution >= 0.6 is 0 Å². The van der Waals surface area contributed by atoms with Gasteiger partial charge >= 0.3 is 0 Å². The van der Waals surface area contributed by atoms with E-state index in [1.807, 2.05) is 50.2 Å². The Morgan fingerprint density at radius 1 is 0.750 bits per heavy atom. The van der Waals surface area contributed by atoms with Crippen molar-refractivity contribution in [1.29, 1.82) is 0 Å². The zero-order chi connectivity index (χ0) is 13.9. The Morgan fingerprint density at radius 2 is 1.30 bits per heavy atom. The van der Waals surface area contributed by atoms with Gasteiger partial charge in [0.1, 0.15) is 0 Å². The summed E-state index contributed by atoms with van der Waals surface area (Å²) in [7, 11) is 0. The smallest absolute Gasteiger partial charge is 0.194 e. The summed E-state index contributed by atoms with van der Waals surface area (Å²) < 4.78 is 0. The van der Waals surface area contributed by atoms with Crippen LogP contribution in [-0.2, 0) is 0 Å². The normalized spacial score (nSPS) is 12.6. The van der Waals surface area contributed by atoms with Crippen LogP contribution in [0.4, 0.5) is 0 Å². The van der Waals surface area contributed by atoms with E-state index in [1.54, 1.807) is 0 Å². The number of rotatable bonds is 0. The molecule has 0 saturated carbocycles. The van der Waals surface area contributed by atoms with E-state index in [9.17, 15) is 4.79 Å². The molecule has 3 aromatic rings. The SMILES string of the molecule is Cc1nc2cc3c(cc2nc1C)-c1ccccc1C3=O. The first-order chi connectivity index (χ1) is 9.65. The van der Waals surface area contributed by atoms with Crippen LogP contribution in [0.25, 0.3) is 22.2 Å². The molecule has 1 heterocycles. The summed E-state index contributed by atoms with van der Waals surface area (Å²) in [6.45, 7) is 3.89. The maximum atomic E-state index is 12.4. The van der Waals surface area contributed by atoms with Crippen LogP contribution in [-0.4, -0.2) is 15.8 Å². The lowest BCUT2D eigenvalue weighted by Crippen LogP contribution is -1.97. The number of fused-ring (bicyclic) bond motifs is 4. The van der Waals surface area contributed by atoms with Crippen LogP contribution in [0.5, 0.6) is 0 Å². The van der Waals surface area contributed by atoms with Crippen molar-refractivity contribution in [3.05, 3.63) is 58.9 Å². The van der Waals surface area contributed by atoms with Crippen molar-refractivity contribution >= 4 is 16.8 Å². The van der Waals surface area contributed by atoms with Gasteiger partial charge in [-0.3, -0.25) is 4.79 Å². The van der Waals surface area contributed by atoms with Gasteiger partial charge in [-0.2, -0.15) is 0 Å². The summed E-state index contributed by atoms with van der Waals surface area (Å²) >= 11 is 0. The Kier molecular flexibility index (Phi) is 2.11. The van der Waals surface area contributed by atoms with Crippen LogP contribution < -0.4 is 0 Å². The highest BCUT2D eigenvalue weighted by Crippen LogP contribution is 2.38. The summed E-state index contributed by atoms with van der Waals surface area (Å²) in [5.74, 6) is 0.0810. The monoisotopic (exact) mass is 260 g/mol. The van der Waals surface area contributed by atoms with Crippen molar-refractivity contribution in [2.24, 2.45) is 0 Å². The largest absolute Gasteiger partial charge is 0.289 e. The van der Waals surface area contributed by atoms with E-state index in [0.717, 1.165) is 44.7 Å². The Morgan fingerprint density at radius 3 is 1.95 bits per heavy atom. The van der Waals surface area contributed by atoms with Crippen molar-refractivity contribution in [2.75, 3.05) is 0 Å². The molecule has 1 aliphatic carbocycles. The average molecular weight is 260 g/mol. The lowest BCUT2D eigenvalue weighted by Gasteiger charge is -2.05. The van der Waals surface area contributed by atoms with Crippen LogP contribution in [0.15, 0.2) is 36.4 Å². The van der Waals surface area contributed by atoms with Crippen LogP contribution in [0.2, 0.25) is 0 Å². The summed E-state index contributed by atoms with van der Waals surface area (Å²) in [6, 6.07) is 11.6. The third kappa shape index (κ3) is 1.37. The van der Waals surface area contributed by atoms with Gasteiger partial charge in [0, 0.05) is 11.1 Å². The molecule has 0 amide bonds. The Hall–Kier alpha value is -2.55. The summed E-state index contributed by atoms with van der Waals surface area (Å²) in [6.07, 6.45) is 0. The van der Waals surface area contributed by atoms with Gasteiger partial charge in [0.25, 0.3) is 0 Å². The average Bonchev–Trinajstić information content (AvgIpc) is 2.72. The second-order valence-corrected chi connectivity index (χ2v) is 5.16. The molecule has 0 spiro atoms. The number of aryl methyl sites for hydroxylation is 2. The van der Waals surface area contributed by atoms with E-state index in [-0.39, 0.29) is 5.78 Å². The fourth-order valence-electron chi connectivity index (χ4n) is 2.75. The third-order valence-corrected chi connectivity index (χ3v) is 3.92. The number of hydrogen-bond donors (Lipinski definition) is 0. The molecular weight excluding hydrogens is 248 g/mol. The number of aromatic nitrogens is 2. The number of carbonyl (C=O) groups is 1. The highest BCUT2D eigenvalue weighted by atomic mass is 16.1. The van der Waals surface area contributed by atoms with Crippen LogP contribution in [0.3, 0.4) is 0 Å². The van der Waals surface area contributed by atoms with E-state index in [2.05, 4.69) is 9.97 Å². The van der Waals surface area contributed by atoms with Crippen LogP contribution in [0, 0.1) is 13.8 Å². The molecule has 0 radical (unpaired) electrons. The van der Waals surface area contributed by atoms with E-state index >= 15 is 0 Å². The van der Waals surface area contributed by atoms with Gasteiger partial charge in [0.05, 0.1) is 22.4 Å². The summed E-state index contributed by atoms with van der Waals surface area (Å²) in [5.41, 5.74) is 6.92. The van der Waals surface area contributed by atoms with Gasteiger partial charge in [-0.05, 0) is 37.1 Å². The molecule has 20 heavy (non-hydrogen) atoms. The number of benzene rings is 2. The fourth-order valence-corrected chi connectivity index (χ4v) is 2.75. The fraction of sp³-hybridized carbons (Fsp3) is 0.118. The molecule has 0 bridgehead atoms. The molecule has 4 rings (SSSR count). The highest BCUT2D eigenvalue weighted by molar-refractivity contribution is 6.23. The van der Waals surface area contributed by atoms with Crippen LogP contribution in [0.1, 0.15) is 27.3 Å². The summed E-state index contributed by atoms with van der Waals surface area (Å²) in [4.78, 5) is 21.5. The van der Waals surface area contributed by atoms with Crippen molar-refractivity contribution in [3.63, 3.8) is 0 Å². The first kappa shape index (κ1) is 11.3. The number of ketones is 1. The zero-order valence-corrected chi connectivity index (χ0v) is 11.3. The van der Waals surface area contributed by atoms with E-state index in [1.165, 1.54) is 0 Å². The standard InChI is InChI=1S/C17H12N2O/c1-9-10(2)19-16-8-14-13(7-15(16)18-9)11-5-3-4-6-12(11)17(14)20/h3-8H,1-2H3. The van der Waals surface area contributed by atoms with Crippen molar-refractivity contribution in [1.82, 2.24) is 9.97 Å². The lowest BCUT2D eigenvalue weighted by atomic mass is 10.0. The predicted molar refractivity (Wildman–Crippen MR) is 77.9 cm³/mol. The van der Waals surface area contributed by atoms with Crippen molar-refractivity contribution < 1.29 is 4.79 Å². The maximum Gasteiger partial charge on any atom is 0.194 e. The molecule has 0 atom stereocenters. The van der Waals surface area contributed by atoms with Crippen molar-refractivity contribution in [3.8, 4) is 11.1 Å². The molecule has 0 saturated heterocycles. The molecule has 2 aromatic carbocycles. The Balaban J connectivity index is 2.10. The predicted octanol–water partition coefficient (Wildman–Crippen LogP) is 3.46. The minimum absolute atomic E-state index is 0.0810. The van der Waals surface area contributed by atoms with Gasteiger partial charge < -0.3 is 0 Å². The van der Waals surface area contributed by atoms with E-state index < -0.39 is 0 Å². The molecule has 0 aliphatic heterocycles. The van der Waals surface area contributed by atoms with E-state index in [4.69, 9.17) is 0 Å². The molecule has 96 valence electrons. The second-order valence-electron chi connectivity index (χ2n) is 5.16. The maximum absolute atomic E-state index is 12.4. The highest BCUT2D eigenvalue weighted by Gasteiger charge is 2.27. The van der Waals surface area contributed by atoms with Gasteiger partial charge in [0.15, 0.2) is 5.78 Å². The molecule has 0 N–H and O–H groups in total. The molecule has 3 heteroatoms. The molecule has 3 nitrogen and oxygen atoms in total. The molecule has 1 aliphatic rings. The Bertz CT molecular complexity index is 897. The van der Waals surface area contributed by atoms with E-state index in [0.29, 0.717) is 0 Å². The number of carbonyl (C=O) groups excluding carboxylic acids is 1. The quantitative estimate of drug-likeness (QED) is 0.486. The first-order valence-corrected chi connectivity index (χ1v) is 6.58. The van der Waals surface area contributed by atoms with Gasteiger partial charge in [0.2, 0.25) is 0 Å². The molecule has 0 fully saturated rings. The van der Waals surface area contributed by atoms with Crippen molar-refractivity contribution in [2.45, 2.75) is 13.8 Å². The third-order valence-electron chi connectivity index (χ3n) is 3.92. The molecule has 0 unspecified atom stereocenters. The topological polar surface area (TPSA) is 42.9 Å². The molecule has 1 aromatic heterocycles. The van der Waals surface area contributed by atoms with Gasteiger partial charge in [-0.25, -0.2) is 9.97 Å². The second kappa shape index (κ2) is 3.73.